The zero-order valence-corrected chi connectivity index (χ0v) is 27.8. The van der Waals surface area contributed by atoms with E-state index in [-0.39, 0.29) is 11.9 Å². The molecular weight excluding hydrogens is 578 g/mol. The fourth-order valence-electron chi connectivity index (χ4n) is 5.88. The van der Waals surface area contributed by atoms with Crippen LogP contribution in [0.5, 0.6) is 0 Å². The first-order valence-corrected chi connectivity index (χ1v) is 15.8. The van der Waals surface area contributed by atoms with E-state index in [1.807, 2.05) is 95.3 Å². The lowest BCUT2D eigenvalue weighted by molar-refractivity contribution is -0.162. The standard InChI is InChI=1S/C38H45N3O5/c1-24-21-26(19-20-30(24)29-17-11-14-27(22-29)23-39)13-12-18-31(32-36(44)46-38(6,7)45-32)34(42)41-33(37(3,4)5)35(43)40-25(2)28-15-9-8-10-16-28/h8-11,14-17,19-22,25,31-33H,12-13,18H2,1-7H3,(H,40,43)(H,41,42). The highest BCUT2D eigenvalue weighted by Gasteiger charge is 2.48. The molecule has 4 rings (SSSR count). The van der Waals surface area contributed by atoms with Gasteiger partial charge in [-0.15, -0.1) is 0 Å². The summed E-state index contributed by atoms with van der Waals surface area (Å²) in [5.41, 5.74) is 5.16. The Kier molecular flexibility index (Phi) is 10.7. The zero-order chi connectivity index (χ0) is 33.6. The number of aryl methyl sites for hydroxylation is 2. The van der Waals surface area contributed by atoms with Crippen molar-refractivity contribution in [2.45, 2.75) is 91.7 Å². The number of esters is 1. The first-order valence-electron chi connectivity index (χ1n) is 15.8. The maximum Gasteiger partial charge on any atom is 0.338 e. The van der Waals surface area contributed by atoms with Crippen LogP contribution in [0.3, 0.4) is 0 Å². The van der Waals surface area contributed by atoms with Crippen molar-refractivity contribution in [1.29, 1.82) is 5.26 Å². The fraction of sp³-hybridized carbons (Fsp3) is 0.421. The van der Waals surface area contributed by atoms with Gasteiger partial charge in [-0.1, -0.05) is 81.4 Å². The van der Waals surface area contributed by atoms with E-state index >= 15 is 0 Å². The van der Waals surface area contributed by atoms with Crippen LogP contribution in [0.15, 0.2) is 72.8 Å². The van der Waals surface area contributed by atoms with Crippen LogP contribution in [0.25, 0.3) is 11.1 Å². The molecule has 1 fully saturated rings. The minimum absolute atomic E-state index is 0.259. The first-order chi connectivity index (χ1) is 21.7. The molecule has 4 unspecified atom stereocenters. The van der Waals surface area contributed by atoms with Gasteiger partial charge in [0, 0.05) is 13.8 Å². The summed E-state index contributed by atoms with van der Waals surface area (Å²) in [6.07, 6.45) is 0.544. The molecule has 0 aromatic heterocycles. The highest BCUT2D eigenvalue weighted by atomic mass is 16.8. The minimum atomic E-state index is -1.15. The van der Waals surface area contributed by atoms with Gasteiger partial charge in [0.2, 0.25) is 17.6 Å². The number of carbonyl (C=O) groups excluding carboxylic acids is 3. The van der Waals surface area contributed by atoms with Crippen molar-refractivity contribution in [1.82, 2.24) is 10.6 Å². The largest absolute Gasteiger partial charge is 0.432 e. The van der Waals surface area contributed by atoms with Crippen molar-refractivity contribution in [3.05, 3.63) is 95.1 Å². The maximum absolute atomic E-state index is 14.0. The summed E-state index contributed by atoms with van der Waals surface area (Å²) < 4.78 is 11.4. The molecule has 1 saturated heterocycles. The van der Waals surface area contributed by atoms with E-state index in [2.05, 4.69) is 22.8 Å². The number of cyclic esters (lactones) is 1. The van der Waals surface area contributed by atoms with Crippen molar-refractivity contribution in [3.63, 3.8) is 0 Å². The highest BCUT2D eigenvalue weighted by molar-refractivity contribution is 5.92. The molecule has 242 valence electrons. The van der Waals surface area contributed by atoms with Crippen LogP contribution in [0.2, 0.25) is 0 Å². The number of carbonyl (C=O) groups is 3. The second kappa shape index (κ2) is 14.3. The maximum atomic E-state index is 14.0. The number of benzene rings is 3. The van der Waals surface area contributed by atoms with Crippen LogP contribution in [0.1, 0.15) is 82.7 Å². The lowest BCUT2D eigenvalue weighted by Gasteiger charge is -2.33. The molecule has 0 bridgehead atoms. The van der Waals surface area contributed by atoms with Crippen molar-refractivity contribution >= 4 is 17.8 Å². The Morgan fingerprint density at radius 3 is 2.30 bits per heavy atom. The van der Waals surface area contributed by atoms with Gasteiger partial charge in [-0.25, -0.2) is 4.79 Å². The van der Waals surface area contributed by atoms with E-state index in [9.17, 15) is 19.6 Å². The Morgan fingerprint density at radius 1 is 0.978 bits per heavy atom. The number of ether oxygens (including phenoxy) is 2. The predicted molar refractivity (Wildman–Crippen MR) is 177 cm³/mol. The van der Waals surface area contributed by atoms with Crippen molar-refractivity contribution in [2.24, 2.45) is 11.3 Å². The summed E-state index contributed by atoms with van der Waals surface area (Å²) in [4.78, 5) is 40.4. The number of hydrogen-bond donors (Lipinski definition) is 2. The van der Waals surface area contributed by atoms with Gasteiger partial charge in [-0.3, -0.25) is 9.59 Å². The van der Waals surface area contributed by atoms with Crippen LogP contribution in [-0.4, -0.2) is 35.7 Å². The molecule has 1 aliphatic heterocycles. The number of nitrogens with one attached hydrogen (secondary N) is 2. The summed E-state index contributed by atoms with van der Waals surface area (Å²) in [7, 11) is 0. The molecule has 3 aromatic rings. The summed E-state index contributed by atoms with van der Waals surface area (Å²) in [5, 5.41) is 15.3. The van der Waals surface area contributed by atoms with Gasteiger partial charge in [-0.2, -0.15) is 5.26 Å². The fourth-order valence-corrected chi connectivity index (χ4v) is 5.88. The molecule has 0 spiro atoms. The van der Waals surface area contributed by atoms with Crippen LogP contribution < -0.4 is 10.6 Å². The normalized spacial score (nSPS) is 17.7. The molecule has 46 heavy (non-hydrogen) atoms. The second-order valence-electron chi connectivity index (χ2n) is 13.6. The van der Waals surface area contributed by atoms with E-state index in [0.29, 0.717) is 24.8 Å². The third kappa shape index (κ3) is 8.61. The van der Waals surface area contributed by atoms with Crippen LogP contribution in [-0.2, 0) is 30.3 Å². The van der Waals surface area contributed by atoms with E-state index in [0.717, 1.165) is 27.8 Å². The van der Waals surface area contributed by atoms with Crippen molar-refractivity contribution in [2.75, 3.05) is 0 Å². The molecule has 4 atom stereocenters. The Hall–Kier alpha value is -4.48. The third-order valence-electron chi connectivity index (χ3n) is 8.34. The molecule has 8 heteroatoms. The average Bonchev–Trinajstić information content (AvgIpc) is 3.28. The molecule has 2 N–H and O–H groups in total. The predicted octanol–water partition coefficient (Wildman–Crippen LogP) is 6.56. The Morgan fingerprint density at radius 2 is 1.70 bits per heavy atom. The van der Waals surface area contributed by atoms with Gasteiger partial charge in [0.15, 0.2) is 6.10 Å². The Bertz CT molecular complexity index is 1600. The average molecular weight is 624 g/mol. The molecule has 0 radical (unpaired) electrons. The number of nitriles is 1. The van der Waals surface area contributed by atoms with E-state index in [1.165, 1.54) is 0 Å². The molecule has 0 aliphatic carbocycles. The summed E-state index contributed by atoms with van der Waals surface area (Å²) in [5.74, 6) is -3.32. The Labute approximate surface area is 272 Å². The quantitative estimate of drug-likeness (QED) is 0.234. The molecular formula is C38H45N3O5. The van der Waals surface area contributed by atoms with Crippen molar-refractivity contribution < 1.29 is 23.9 Å². The molecule has 1 aliphatic rings. The lowest BCUT2D eigenvalue weighted by atomic mass is 9.84. The van der Waals surface area contributed by atoms with Gasteiger partial charge in [0.05, 0.1) is 23.6 Å². The minimum Gasteiger partial charge on any atom is -0.432 e. The van der Waals surface area contributed by atoms with Gasteiger partial charge >= 0.3 is 5.97 Å². The number of hydrogen-bond acceptors (Lipinski definition) is 6. The second-order valence-corrected chi connectivity index (χ2v) is 13.6. The number of amides is 2. The SMILES string of the molecule is Cc1cc(CCCC(C(=O)NC(C(=O)NC(C)c2ccccc2)C(C)(C)C)C2OC(C)(C)OC2=O)ccc1-c1cccc(C#N)c1. The van der Waals surface area contributed by atoms with Gasteiger partial charge < -0.3 is 20.1 Å². The van der Waals surface area contributed by atoms with Crippen molar-refractivity contribution in [3.8, 4) is 17.2 Å². The molecule has 0 saturated carbocycles. The van der Waals surface area contributed by atoms with Crippen LogP contribution in [0, 0.1) is 29.6 Å². The number of nitrogens with zero attached hydrogens (tertiary/aromatic N) is 1. The van der Waals surface area contributed by atoms with E-state index in [1.54, 1.807) is 19.9 Å². The monoisotopic (exact) mass is 623 g/mol. The van der Waals surface area contributed by atoms with E-state index in [4.69, 9.17) is 9.47 Å². The molecule has 1 heterocycles. The molecule has 8 nitrogen and oxygen atoms in total. The Balaban J connectivity index is 1.49. The van der Waals surface area contributed by atoms with Crippen LogP contribution in [0.4, 0.5) is 0 Å². The number of rotatable bonds is 11. The summed E-state index contributed by atoms with van der Waals surface area (Å²) in [6.45, 7) is 12.9. The summed E-state index contributed by atoms with van der Waals surface area (Å²) in [6, 6.07) is 24.4. The van der Waals surface area contributed by atoms with Gasteiger partial charge in [0.25, 0.3) is 0 Å². The highest BCUT2D eigenvalue weighted by Crippen LogP contribution is 2.32. The lowest BCUT2D eigenvalue weighted by Crippen LogP contribution is -2.56. The topological polar surface area (TPSA) is 118 Å². The summed E-state index contributed by atoms with van der Waals surface area (Å²) >= 11 is 0. The first kappa shape index (κ1) is 34.4. The van der Waals surface area contributed by atoms with Gasteiger partial charge in [0.1, 0.15) is 6.04 Å². The van der Waals surface area contributed by atoms with Crippen LogP contribution >= 0.6 is 0 Å². The van der Waals surface area contributed by atoms with Gasteiger partial charge in [-0.05, 0) is 78.5 Å². The van der Waals surface area contributed by atoms with E-state index < -0.39 is 41.1 Å². The molecule has 2 amide bonds. The smallest absolute Gasteiger partial charge is 0.338 e. The molecule has 3 aromatic carbocycles. The third-order valence-corrected chi connectivity index (χ3v) is 8.34. The zero-order valence-electron chi connectivity index (χ0n) is 27.8.